The van der Waals surface area contributed by atoms with E-state index >= 15 is 0 Å². The molecule has 0 saturated carbocycles. The Kier molecular flexibility index (Phi) is 4.63. The van der Waals surface area contributed by atoms with Crippen molar-refractivity contribution in [2.75, 3.05) is 26.7 Å². The second-order valence-electron chi connectivity index (χ2n) is 4.90. The van der Waals surface area contributed by atoms with Gasteiger partial charge >= 0.3 is 0 Å². The summed E-state index contributed by atoms with van der Waals surface area (Å²) in [4.78, 5) is 11.1. The molecule has 0 radical (unpaired) electrons. The number of likely N-dealkylation sites (N-methyl/N-ethyl adjacent to an activating group) is 1. The van der Waals surface area contributed by atoms with Crippen LogP contribution in [0.25, 0.3) is 0 Å². The molecule has 2 atom stereocenters. The predicted octanol–water partition coefficient (Wildman–Crippen LogP) is 0.759. The highest BCUT2D eigenvalue weighted by molar-refractivity contribution is 5.06. The second-order valence-corrected chi connectivity index (χ2v) is 4.90. The van der Waals surface area contributed by atoms with E-state index in [1.54, 1.807) is 6.20 Å². The van der Waals surface area contributed by atoms with E-state index in [0.29, 0.717) is 0 Å². The predicted molar refractivity (Wildman–Crippen MR) is 70.2 cm³/mol. The van der Waals surface area contributed by atoms with Crippen molar-refractivity contribution in [1.82, 2.24) is 14.9 Å². The number of morpholine rings is 1. The molecule has 0 spiro atoms. The van der Waals surface area contributed by atoms with Crippen molar-refractivity contribution in [3.8, 4) is 0 Å². The molecular formula is C13H22N4O. The van der Waals surface area contributed by atoms with Gasteiger partial charge in [-0.2, -0.15) is 0 Å². The van der Waals surface area contributed by atoms with Crippen LogP contribution in [0.4, 0.5) is 0 Å². The minimum atomic E-state index is -0.0125. The molecule has 18 heavy (non-hydrogen) atoms. The molecule has 1 fully saturated rings. The SMILES string of the molecule is CCC(N)Cc1ccnc(C2CN(C)CCO2)n1. The third-order valence-electron chi connectivity index (χ3n) is 3.29. The fraction of sp³-hybridized carbons (Fsp3) is 0.692. The Balaban J connectivity index is 2.06. The van der Waals surface area contributed by atoms with Crippen molar-refractivity contribution in [3.63, 3.8) is 0 Å². The van der Waals surface area contributed by atoms with E-state index < -0.39 is 0 Å². The van der Waals surface area contributed by atoms with Crippen LogP contribution in [-0.2, 0) is 11.2 Å². The van der Waals surface area contributed by atoms with Crippen LogP contribution in [0, 0.1) is 0 Å². The third kappa shape index (κ3) is 3.48. The molecule has 2 unspecified atom stereocenters. The van der Waals surface area contributed by atoms with E-state index in [0.717, 1.165) is 44.1 Å². The normalized spacial score (nSPS) is 22.9. The van der Waals surface area contributed by atoms with Gasteiger partial charge in [0.1, 0.15) is 6.10 Å². The first-order valence-electron chi connectivity index (χ1n) is 6.56. The third-order valence-corrected chi connectivity index (χ3v) is 3.29. The lowest BCUT2D eigenvalue weighted by Crippen LogP contribution is -2.36. The van der Waals surface area contributed by atoms with Crippen molar-refractivity contribution in [1.29, 1.82) is 0 Å². The molecule has 2 heterocycles. The Labute approximate surface area is 108 Å². The van der Waals surface area contributed by atoms with Gasteiger partial charge in [0.15, 0.2) is 5.82 Å². The molecule has 2 N–H and O–H groups in total. The van der Waals surface area contributed by atoms with E-state index in [1.165, 1.54) is 0 Å². The zero-order valence-electron chi connectivity index (χ0n) is 11.2. The molecule has 1 aliphatic rings. The van der Waals surface area contributed by atoms with Crippen LogP contribution in [0.3, 0.4) is 0 Å². The van der Waals surface area contributed by atoms with Crippen LogP contribution in [0.2, 0.25) is 0 Å². The van der Waals surface area contributed by atoms with Gasteiger partial charge < -0.3 is 15.4 Å². The summed E-state index contributed by atoms with van der Waals surface area (Å²) in [5.74, 6) is 0.780. The fourth-order valence-electron chi connectivity index (χ4n) is 2.03. The zero-order valence-corrected chi connectivity index (χ0v) is 11.2. The summed E-state index contributed by atoms with van der Waals surface area (Å²) in [6.07, 6.45) is 3.55. The van der Waals surface area contributed by atoms with Gasteiger partial charge in [-0.25, -0.2) is 9.97 Å². The molecule has 1 aliphatic heterocycles. The quantitative estimate of drug-likeness (QED) is 0.854. The van der Waals surface area contributed by atoms with Gasteiger partial charge in [0.25, 0.3) is 0 Å². The van der Waals surface area contributed by atoms with Crippen LogP contribution in [0.1, 0.15) is 31.0 Å². The number of nitrogens with zero attached hydrogens (tertiary/aromatic N) is 3. The van der Waals surface area contributed by atoms with Crippen molar-refractivity contribution >= 4 is 0 Å². The summed E-state index contributed by atoms with van der Waals surface area (Å²) in [5, 5.41) is 0. The van der Waals surface area contributed by atoms with Gasteiger partial charge in [-0.05, 0) is 19.5 Å². The number of rotatable bonds is 4. The summed E-state index contributed by atoms with van der Waals surface area (Å²) < 4.78 is 5.72. The summed E-state index contributed by atoms with van der Waals surface area (Å²) in [6, 6.07) is 2.11. The summed E-state index contributed by atoms with van der Waals surface area (Å²) in [7, 11) is 2.09. The number of nitrogens with two attached hydrogens (primary N) is 1. The molecule has 1 aromatic rings. The molecule has 0 amide bonds. The first kappa shape index (κ1) is 13.4. The van der Waals surface area contributed by atoms with Gasteiger partial charge in [0.05, 0.1) is 6.61 Å². The monoisotopic (exact) mass is 250 g/mol. The fourth-order valence-corrected chi connectivity index (χ4v) is 2.03. The maximum atomic E-state index is 5.96. The molecule has 1 saturated heterocycles. The first-order chi connectivity index (χ1) is 8.69. The zero-order chi connectivity index (χ0) is 13.0. The van der Waals surface area contributed by atoms with Gasteiger partial charge in [-0.1, -0.05) is 6.92 Å². The molecule has 5 heteroatoms. The van der Waals surface area contributed by atoms with Gasteiger partial charge in [0, 0.05) is 37.4 Å². The number of hydrogen-bond donors (Lipinski definition) is 1. The Hall–Kier alpha value is -1.04. The molecule has 0 bridgehead atoms. The van der Waals surface area contributed by atoms with Crippen LogP contribution < -0.4 is 5.73 Å². The summed E-state index contributed by atoms with van der Waals surface area (Å²) in [5.41, 5.74) is 6.96. The molecule has 0 aliphatic carbocycles. The van der Waals surface area contributed by atoms with Crippen molar-refractivity contribution in [2.24, 2.45) is 5.73 Å². The minimum Gasteiger partial charge on any atom is -0.368 e. The molecule has 0 aromatic carbocycles. The molecule has 1 aromatic heterocycles. The topological polar surface area (TPSA) is 64.3 Å². The average molecular weight is 250 g/mol. The largest absolute Gasteiger partial charge is 0.368 e. The highest BCUT2D eigenvalue weighted by Crippen LogP contribution is 2.18. The van der Waals surface area contributed by atoms with Crippen molar-refractivity contribution < 1.29 is 4.74 Å². The average Bonchev–Trinajstić information content (AvgIpc) is 2.39. The molecule has 5 nitrogen and oxygen atoms in total. The highest BCUT2D eigenvalue weighted by atomic mass is 16.5. The van der Waals surface area contributed by atoms with Gasteiger partial charge in [-0.3, -0.25) is 0 Å². The van der Waals surface area contributed by atoms with E-state index in [9.17, 15) is 0 Å². The summed E-state index contributed by atoms with van der Waals surface area (Å²) in [6.45, 7) is 4.65. The number of aromatic nitrogens is 2. The van der Waals surface area contributed by atoms with Crippen molar-refractivity contribution in [3.05, 3.63) is 23.8 Å². The molecule has 100 valence electrons. The lowest BCUT2D eigenvalue weighted by atomic mass is 10.1. The Morgan fingerprint density at radius 3 is 3.17 bits per heavy atom. The number of ether oxygens (including phenoxy) is 1. The lowest BCUT2D eigenvalue weighted by Gasteiger charge is -2.29. The molecular weight excluding hydrogens is 228 g/mol. The van der Waals surface area contributed by atoms with Gasteiger partial charge in [0.2, 0.25) is 0 Å². The first-order valence-corrected chi connectivity index (χ1v) is 6.56. The minimum absolute atomic E-state index is 0.0125. The van der Waals surface area contributed by atoms with E-state index in [1.807, 2.05) is 6.07 Å². The van der Waals surface area contributed by atoms with E-state index in [2.05, 4.69) is 28.8 Å². The maximum Gasteiger partial charge on any atom is 0.158 e. The number of hydrogen-bond acceptors (Lipinski definition) is 5. The van der Waals surface area contributed by atoms with E-state index in [4.69, 9.17) is 10.5 Å². The Morgan fingerprint density at radius 1 is 1.61 bits per heavy atom. The second kappa shape index (κ2) is 6.22. The standard InChI is InChI=1S/C13H22N4O/c1-3-10(14)8-11-4-5-15-13(16-11)12-9-17(2)6-7-18-12/h4-5,10,12H,3,6-9,14H2,1-2H3. The highest BCUT2D eigenvalue weighted by Gasteiger charge is 2.22. The van der Waals surface area contributed by atoms with Crippen LogP contribution >= 0.6 is 0 Å². The van der Waals surface area contributed by atoms with Crippen LogP contribution in [0.5, 0.6) is 0 Å². The van der Waals surface area contributed by atoms with Crippen LogP contribution in [-0.4, -0.2) is 47.7 Å². The Bertz CT molecular complexity index is 385. The van der Waals surface area contributed by atoms with Crippen LogP contribution in [0.15, 0.2) is 12.3 Å². The van der Waals surface area contributed by atoms with E-state index in [-0.39, 0.29) is 12.1 Å². The van der Waals surface area contributed by atoms with Gasteiger partial charge in [-0.15, -0.1) is 0 Å². The molecule has 2 rings (SSSR count). The maximum absolute atomic E-state index is 5.96. The smallest absolute Gasteiger partial charge is 0.158 e. The van der Waals surface area contributed by atoms with Crippen molar-refractivity contribution in [2.45, 2.75) is 31.9 Å². The lowest BCUT2D eigenvalue weighted by molar-refractivity contribution is -0.0256. The summed E-state index contributed by atoms with van der Waals surface area (Å²) >= 11 is 0. The Morgan fingerprint density at radius 2 is 2.44 bits per heavy atom.